The van der Waals surface area contributed by atoms with Crippen LogP contribution in [0, 0.1) is 5.92 Å². The van der Waals surface area contributed by atoms with E-state index in [-0.39, 0.29) is 5.91 Å². The van der Waals surface area contributed by atoms with Crippen LogP contribution in [0.4, 0.5) is 0 Å². The molecule has 2 fully saturated rings. The van der Waals surface area contributed by atoms with E-state index >= 15 is 0 Å². The van der Waals surface area contributed by atoms with E-state index in [9.17, 15) is 9.59 Å². The first-order valence-corrected chi connectivity index (χ1v) is 4.57. The number of ketones is 1. The van der Waals surface area contributed by atoms with Crippen LogP contribution in [-0.4, -0.2) is 17.7 Å². The summed E-state index contributed by atoms with van der Waals surface area (Å²) in [6, 6.07) is 0.295. The molecule has 1 amide bonds. The lowest BCUT2D eigenvalue weighted by Crippen LogP contribution is -2.47. The average molecular weight is 167 g/mol. The van der Waals surface area contributed by atoms with Gasteiger partial charge >= 0.3 is 0 Å². The van der Waals surface area contributed by atoms with E-state index in [0.29, 0.717) is 37.0 Å². The van der Waals surface area contributed by atoms with Gasteiger partial charge in [-0.2, -0.15) is 0 Å². The van der Waals surface area contributed by atoms with Gasteiger partial charge in [-0.3, -0.25) is 9.59 Å². The lowest BCUT2D eigenvalue weighted by atomic mass is 9.79. The maximum Gasteiger partial charge on any atom is 0.220 e. The van der Waals surface area contributed by atoms with Crippen LogP contribution < -0.4 is 5.32 Å². The Morgan fingerprint density at radius 1 is 1.17 bits per heavy atom. The van der Waals surface area contributed by atoms with Crippen molar-refractivity contribution in [3.8, 4) is 0 Å². The summed E-state index contributed by atoms with van der Waals surface area (Å²) in [5, 5.41) is 2.95. The Morgan fingerprint density at radius 2 is 2.00 bits per heavy atom. The molecule has 66 valence electrons. The monoisotopic (exact) mass is 167 g/mol. The van der Waals surface area contributed by atoms with Gasteiger partial charge in [0, 0.05) is 25.3 Å². The minimum absolute atomic E-state index is 0.158. The van der Waals surface area contributed by atoms with Gasteiger partial charge in [-0.1, -0.05) is 0 Å². The third kappa shape index (κ3) is 1.36. The van der Waals surface area contributed by atoms with Crippen LogP contribution in [0.1, 0.15) is 32.1 Å². The molecule has 12 heavy (non-hydrogen) atoms. The van der Waals surface area contributed by atoms with Crippen LogP contribution in [0.2, 0.25) is 0 Å². The normalized spacial score (nSPS) is 35.7. The molecule has 1 N–H and O–H groups in total. The van der Waals surface area contributed by atoms with E-state index in [2.05, 4.69) is 5.32 Å². The number of fused-ring (bicyclic) bond motifs is 1. The van der Waals surface area contributed by atoms with Crippen molar-refractivity contribution >= 4 is 11.7 Å². The zero-order valence-electron chi connectivity index (χ0n) is 7.01. The summed E-state index contributed by atoms with van der Waals surface area (Å²) in [6.45, 7) is 0. The number of amides is 1. The molecule has 1 aliphatic heterocycles. The SMILES string of the molecule is O=C1CC[C@@H]2NC(=O)CC[C@@H]2C1. The third-order valence-electron chi connectivity index (χ3n) is 2.88. The highest BCUT2D eigenvalue weighted by atomic mass is 16.1. The van der Waals surface area contributed by atoms with Crippen molar-refractivity contribution in [1.29, 1.82) is 0 Å². The molecule has 3 heteroatoms. The van der Waals surface area contributed by atoms with Crippen molar-refractivity contribution in [3.63, 3.8) is 0 Å². The van der Waals surface area contributed by atoms with E-state index in [4.69, 9.17) is 0 Å². The molecule has 0 bridgehead atoms. The Hall–Kier alpha value is -0.860. The van der Waals surface area contributed by atoms with E-state index in [0.717, 1.165) is 12.8 Å². The molecule has 0 aromatic heterocycles. The summed E-state index contributed by atoms with van der Waals surface area (Å²) in [7, 11) is 0. The summed E-state index contributed by atoms with van der Waals surface area (Å²) in [5.74, 6) is 0.960. The quantitative estimate of drug-likeness (QED) is 0.575. The van der Waals surface area contributed by atoms with Crippen molar-refractivity contribution < 1.29 is 9.59 Å². The van der Waals surface area contributed by atoms with Crippen LogP contribution in [0.25, 0.3) is 0 Å². The van der Waals surface area contributed by atoms with E-state index in [1.165, 1.54) is 0 Å². The van der Waals surface area contributed by atoms with Gasteiger partial charge in [0.2, 0.25) is 5.91 Å². The van der Waals surface area contributed by atoms with Crippen LogP contribution in [0.5, 0.6) is 0 Å². The zero-order chi connectivity index (χ0) is 8.55. The van der Waals surface area contributed by atoms with Gasteiger partial charge in [0.1, 0.15) is 5.78 Å². The number of hydrogen-bond acceptors (Lipinski definition) is 2. The Morgan fingerprint density at radius 3 is 2.83 bits per heavy atom. The Balaban J connectivity index is 2.02. The molecule has 2 aliphatic rings. The average Bonchev–Trinajstić information content (AvgIpc) is 2.05. The number of rotatable bonds is 0. The van der Waals surface area contributed by atoms with Gasteiger partial charge in [-0.15, -0.1) is 0 Å². The van der Waals surface area contributed by atoms with Gasteiger partial charge < -0.3 is 5.32 Å². The molecule has 0 unspecified atom stereocenters. The summed E-state index contributed by atoms with van der Waals surface area (Å²) in [6.07, 6.45) is 3.71. The predicted molar refractivity (Wildman–Crippen MR) is 43.5 cm³/mol. The van der Waals surface area contributed by atoms with Crippen LogP contribution >= 0.6 is 0 Å². The molecule has 2 rings (SSSR count). The molecule has 0 radical (unpaired) electrons. The van der Waals surface area contributed by atoms with Crippen molar-refractivity contribution in [2.45, 2.75) is 38.1 Å². The third-order valence-corrected chi connectivity index (χ3v) is 2.88. The van der Waals surface area contributed by atoms with E-state index in [1.807, 2.05) is 0 Å². The smallest absolute Gasteiger partial charge is 0.220 e. The van der Waals surface area contributed by atoms with Crippen molar-refractivity contribution in [2.24, 2.45) is 5.92 Å². The Bertz CT molecular complexity index is 201. The van der Waals surface area contributed by atoms with Gasteiger partial charge in [-0.05, 0) is 18.8 Å². The predicted octanol–water partition coefficient (Wildman–Crippen LogP) is 0.634. The number of carbonyl (C=O) groups is 2. The number of hydrogen-bond donors (Lipinski definition) is 1. The molecule has 1 saturated heterocycles. The molecule has 0 aromatic carbocycles. The Kier molecular flexibility index (Phi) is 1.87. The molecule has 3 nitrogen and oxygen atoms in total. The van der Waals surface area contributed by atoms with Gasteiger partial charge in [-0.25, -0.2) is 0 Å². The first-order chi connectivity index (χ1) is 5.75. The highest BCUT2D eigenvalue weighted by Crippen LogP contribution is 2.28. The second-order valence-corrected chi connectivity index (χ2v) is 3.75. The lowest BCUT2D eigenvalue weighted by Gasteiger charge is -2.35. The second kappa shape index (κ2) is 2.88. The van der Waals surface area contributed by atoms with Crippen LogP contribution in [0.3, 0.4) is 0 Å². The van der Waals surface area contributed by atoms with E-state index in [1.54, 1.807) is 0 Å². The molecule has 2 atom stereocenters. The molecular formula is C9H13NO2. The number of Topliss-reactive ketones (excluding diaryl/α,β-unsaturated/α-hetero) is 1. The fourth-order valence-electron chi connectivity index (χ4n) is 2.18. The highest BCUT2D eigenvalue weighted by Gasteiger charge is 2.33. The van der Waals surface area contributed by atoms with Gasteiger partial charge in [0.15, 0.2) is 0 Å². The summed E-state index contributed by atoms with van der Waals surface area (Å²) < 4.78 is 0. The van der Waals surface area contributed by atoms with Gasteiger partial charge in [0.05, 0.1) is 0 Å². The molecule has 1 heterocycles. The Labute approximate surface area is 71.5 Å². The lowest BCUT2D eigenvalue weighted by molar-refractivity contribution is -0.129. The second-order valence-electron chi connectivity index (χ2n) is 3.75. The summed E-state index contributed by atoms with van der Waals surface area (Å²) >= 11 is 0. The molecule has 0 spiro atoms. The first-order valence-electron chi connectivity index (χ1n) is 4.57. The topological polar surface area (TPSA) is 46.2 Å². The molecule has 1 aliphatic carbocycles. The number of piperidine rings is 1. The first kappa shape index (κ1) is 7.77. The van der Waals surface area contributed by atoms with Crippen LogP contribution in [0.15, 0.2) is 0 Å². The number of nitrogens with one attached hydrogen (secondary N) is 1. The molecular weight excluding hydrogens is 154 g/mol. The van der Waals surface area contributed by atoms with Crippen molar-refractivity contribution in [1.82, 2.24) is 5.32 Å². The number of carbonyl (C=O) groups excluding carboxylic acids is 2. The summed E-state index contributed by atoms with van der Waals surface area (Å²) in [4.78, 5) is 22.1. The van der Waals surface area contributed by atoms with Crippen molar-refractivity contribution in [2.75, 3.05) is 0 Å². The molecule has 0 aromatic rings. The maximum atomic E-state index is 11.1. The van der Waals surface area contributed by atoms with E-state index < -0.39 is 0 Å². The van der Waals surface area contributed by atoms with Gasteiger partial charge in [0.25, 0.3) is 0 Å². The summed E-state index contributed by atoms with van der Waals surface area (Å²) in [5.41, 5.74) is 0. The largest absolute Gasteiger partial charge is 0.353 e. The molecule has 1 saturated carbocycles. The minimum atomic E-state index is 0.158. The van der Waals surface area contributed by atoms with Crippen molar-refractivity contribution in [3.05, 3.63) is 0 Å². The fraction of sp³-hybridized carbons (Fsp3) is 0.778. The highest BCUT2D eigenvalue weighted by molar-refractivity contribution is 5.82. The standard InChI is InChI=1S/C9H13NO2/c11-7-2-3-8-6(5-7)1-4-9(12)10-8/h6,8H,1-5H2,(H,10,12)/t6-,8+/m1/s1. The van der Waals surface area contributed by atoms with Crippen LogP contribution in [-0.2, 0) is 9.59 Å². The zero-order valence-corrected chi connectivity index (χ0v) is 7.01. The maximum absolute atomic E-state index is 11.1. The fourth-order valence-corrected chi connectivity index (χ4v) is 2.18. The minimum Gasteiger partial charge on any atom is -0.353 e.